The van der Waals surface area contributed by atoms with Crippen LogP contribution in [0.15, 0.2) is 42.5 Å². The number of aryl methyl sites for hydroxylation is 1. The number of hydrogen-bond donors (Lipinski definition) is 3. The summed E-state index contributed by atoms with van der Waals surface area (Å²) in [5.41, 5.74) is 4.04. The number of urea groups is 1. The molecule has 2 aliphatic rings. The fourth-order valence-electron chi connectivity index (χ4n) is 3.92. The van der Waals surface area contributed by atoms with E-state index in [1.807, 2.05) is 37.3 Å². The summed E-state index contributed by atoms with van der Waals surface area (Å²) in [5.74, 6) is -0.923. The first-order chi connectivity index (χ1) is 14.9. The van der Waals surface area contributed by atoms with Gasteiger partial charge in [0.05, 0.1) is 0 Å². The molecular formula is C23H24N4O4. The van der Waals surface area contributed by atoms with Crippen molar-refractivity contribution in [3.63, 3.8) is 0 Å². The van der Waals surface area contributed by atoms with Gasteiger partial charge in [-0.15, -0.1) is 0 Å². The Morgan fingerprint density at radius 2 is 1.90 bits per heavy atom. The second-order valence-corrected chi connectivity index (χ2v) is 7.92. The third-order valence-electron chi connectivity index (χ3n) is 5.59. The van der Waals surface area contributed by atoms with Crippen LogP contribution in [0.25, 0.3) is 0 Å². The fraction of sp³-hybridized carbons (Fsp3) is 0.304. The summed E-state index contributed by atoms with van der Waals surface area (Å²) < 4.78 is 0. The van der Waals surface area contributed by atoms with Gasteiger partial charge in [0.2, 0.25) is 11.8 Å². The van der Waals surface area contributed by atoms with E-state index in [4.69, 9.17) is 0 Å². The summed E-state index contributed by atoms with van der Waals surface area (Å²) in [6.07, 6.45) is 1.32. The van der Waals surface area contributed by atoms with Crippen molar-refractivity contribution < 1.29 is 19.2 Å². The third kappa shape index (κ3) is 4.58. The van der Waals surface area contributed by atoms with Gasteiger partial charge in [0, 0.05) is 30.8 Å². The summed E-state index contributed by atoms with van der Waals surface area (Å²) in [6.45, 7) is 2.59. The average Bonchev–Trinajstić information content (AvgIpc) is 2.96. The minimum Gasteiger partial charge on any atom is -0.334 e. The standard InChI is InChI=1S/C23H24N4O4/c1-14-5-8-17(9-6-14)25-23(31)24-12-15-7-10-18-16(11-15)13-27(22(18)30)19-3-2-4-20(28)26-21(19)29/h5-11,19H,2-4,12-13H2,1H3,(H2,24,25,31)(H,26,28,29)/t19-/m0/s1. The lowest BCUT2D eigenvalue weighted by atomic mass is 10.1. The molecule has 0 spiro atoms. The van der Waals surface area contributed by atoms with E-state index in [0.717, 1.165) is 16.7 Å². The molecule has 8 nitrogen and oxygen atoms in total. The van der Waals surface area contributed by atoms with Crippen molar-refractivity contribution in [2.45, 2.75) is 45.3 Å². The van der Waals surface area contributed by atoms with Gasteiger partial charge in [0.15, 0.2) is 0 Å². The Balaban J connectivity index is 1.39. The molecule has 5 amide bonds. The molecule has 2 aliphatic heterocycles. The van der Waals surface area contributed by atoms with Gasteiger partial charge in [-0.2, -0.15) is 0 Å². The molecule has 4 rings (SSSR count). The summed E-state index contributed by atoms with van der Waals surface area (Å²) in [5, 5.41) is 7.94. The molecule has 160 valence electrons. The second-order valence-electron chi connectivity index (χ2n) is 7.92. The Labute approximate surface area is 180 Å². The van der Waals surface area contributed by atoms with Crippen LogP contribution in [0, 0.1) is 6.92 Å². The summed E-state index contributed by atoms with van der Waals surface area (Å²) in [6, 6.07) is 11.9. The van der Waals surface area contributed by atoms with Crippen molar-refractivity contribution >= 4 is 29.4 Å². The van der Waals surface area contributed by atoms with Crippen LogP contribution in [-0.4, -0.2) is 34.7 Å². The summed E-state index contributed by atoms with van der Waals surface area (Å²) >= 11 is 0. The normalized spacial score (nSPS) is 18.3. The van der Waals surface area contributed by atoms with Gasteiger partial charge in [-0.05, 0) is 49.1 Å². The number of fused-ring (bicyclic) bond motifs is 1. The van der Waals surface area contributed by atoms with Crippen molar-refractivity contribution in [3.8, 4) is 0 Å². The molecule has 0 aromatic heterocycles. The first kappa shape index (κ1) is 20.6. The van der Waals surface area contributed by atoms with Crippen LogP contribution >= 0.6 is 0 Å². The number of carbonyl (C=O) groups is 4. The molecule has 0 unspecified atom stereocenters. The second kappa shape index (κ2) is 8.59. The predicted octanol–water partition coefficient (Wildman–Crippen LogP) is 2.47. The van der Waals surface area contributed by atoms with Crippen LogP contribution in [0.5, 0.6) is 0 Å². The van der Waals surface area contributed by atoms with Crippen LogP contribution in [-0.2, 0) is 22.7 Å². The Bertz CT molecular complexity index is 1050. The molecular weight excluding hydrogens is 396 g/mol. The molecule has 2 aromatic rings. The maximum atomic E-state index is 12.8. The number of rotatable bonds is 4. The molecule has 0 saturated carbocycles. The maximum absolute atomic E-state index is 12.8. The number of nitrogens with zero attached hydrogens (tertiary/aromatic N) is 1. The van der Waals surface area contributed by atoms with Gasteiger partial charge < -0.3 is 15.5 Å². The minimum absolute atomic E-state index is 0.207. The van der Waals surface area contributed by atoms with Crippen LogP contribution in [0.1, 0.15) is 46.3 Å². The molecule has 2 heterocycles. The van der Waals surface area contributed by atoms with Gasteiger partial charge in [-0.3, -0.25) is 19.7 Å². The number of imide groups is 1. The molecule has 1 saturated heterocycles. The van der Waals surface area contributed by atoms with Gasteiger partial charge in [0.25, 0.3) is 5.91 Å². The molecule has 3 N–H and O–H groups in total. The smallest absolute Gasteiger partial charge is 0.319 e. The van der Waals surface area contributed by atoms with Crippen molar-refractivity contribution in [2.75, 3.05) is 5.32 Å². The van der Waals surface area contributed by atoms with Gasteiger partial charge in [-0.25, -0.2) is 4.79 Å². The van der Waals surface area contributed by atoms with E-state index in [1.54, 1.807) is 12.1 Å². The molecule has 0 radical (unpaired) electrons. The monoisotopic (exact) mass is 420 g/mol. The number of nitrogens with one attached hydrogen (secondary N) is 3. The van der Waals surface area contributed by atoms with Crippen molar-refractivity contribution in [2.24, 2.45) is 0 Å². The van der Waals surface area contributed by atoms with Crippen molar-refractivity contribution in [3.05, 3.63) is 64.7 Å². The highest BCUT2D eigenvalue weighted by molar-refractivity contribution is 6.04. The molecule has 0 bridgehead atoms. The van der Waals surface area contributed by atoms with E-state index in [-0.39, 0.29) is 24.3 Å². The Kier molecular flexibility index (Phi) is 5.70. The highest BCUT2D eigenvalue weighted by Gasteiger charge is 2.37. The number of benzene rings is 2. The van der Waals surface area contributed by atoms with E-state index in [1.165, 1.54) is 4.90 Å². The first-order valence-electron chi connectivity index (χ1n) is 10.3. The number of carbonyl (C=O) groups excluding carboxylic acids is 4. The lowest BCUT2D eigenvalue weighted by Gasteiger charge is -2.24. The molecule has 0 aliphatic carbocycles. The largest absolute Gasteiger partial charge is 0.334 e. The number of anilines is 1. The fourth-order valence-corrected chi connectivity index (χ4v) is 3.92. The van der Waals surface area contributed by atoms with Gasteiger partial charge >= 0.3 is 6.03 Å². The van der Waals surface area contributed by atoms with Crippen molar-refractivity contribution in [1.82, 2.24) is 15.5 Å². The topological polar surface area (TPSA) is 108 Å². The lowest BCUT2D eigenvalue weighted by Crippen LogP contribution is -2.46. The molecule has 1 fully saturated rings. The lowest BCUT2D eigenvalue weighted by molar-refractivity contribution is -0.132. The maximum Gasteiger partial charge on any atom is 0.319 e. The van der Waals surface area contributed by atoms with Crippen LogP contribution in [0.2, 0.25) is 0 Å². The Morgan fingerprint density at radius 1 is 1.13 bits per heavy atom. The molecule has 2 aromatic carbocycles. The zero-order valence-corrected chi connectivity index (χ0v) is 17.2. The zero-order valence-electron chi connectivity index (χ0n) is 17.2. The van der Waals surface area contributed by atoms with E-state index in [0.29, 0.717) is 37.2 Å². The highest BCUT2D eigenvalue weighted by Crippen LogP contribution is 2.28. The van der Waals surface area contributed by atoms with E-state index in [9.17, 15) is 19.2 Å². The quantitative estimate of drug-likeness (QED) is 0.661. The summed E-state index contributed by atoms with van der Waals surface area (Å²) in [4.78, 5) is 50.4. The number of amides is 5. The highest BCUT2D eigenvalue weighted by atomic mass is 16.2. The van der Waals surface area contributed by atoms with Crippen LogP contribution < -0.4 is 16.0 Å². The van der Waals surface area contributed by atoms with Crippen LogP contribution in [0.3, 0.4) is 0 Å². The van der Waals surface area contributed by atoms with Gasteiger partial charge in [0.1, 0.15) is 6.04 Å². The Hall–Kier alpha value is -3.68. The Morgan fingerprint density at radius 3 is 2.68 bits per heavy atom. The van der Waals surface area contributed by atoms with Gasteiger partial charge in [-0.1, -0.05) is 29.8 Å². The molecule has 8 heteroatoms. The van der Waals surface area contributed by atoms with E-state index >= 15 is 0 Å². The summed E-state index contributed by atoms with van der Waals surface area (Å²) in [7, 11) is 0. The van der Waals surface area contributed by atoms with E-state index < -0.39 is 11.9 Å². The van der Waals surface area contributed by atoms with E-state index in [2.05, 4.69) is 16.0 Å². The third-order valence-corrected chi connectivity index (χ3v) is 5.59. The zero-order chi connectivity index (χ0) is 22.0. The molecule has 31 heavy (non-hydrogen) atoms. The van der Waals surface area contributed by atoms with Crippen molar-refractivity contribution in [1.29, 1.82) is 0 Å². The predicted molar refractivity (Wildman–Crippen MR) is 114 cm³/mol. The number of hydrogen-bond acceptors (Lipinski definition) is 4. The molecule has 1 atom stereocenters. The van der Waals surface area contributed by atoms with Crippen LogP contribution in [0.4, 0.5) is 10.5 Å². The first-order valence-corrected chi connectivity index (χ1v) is 10.3. The minimum atomic E-state index is -0.645. The average molecular weight is 420 g/mol. The SMILES string of the molecule is Cc1ccc(NC(=O)NCc2ccc3c(c2)CN([C@H]2CCCC(=O)NC2=O)C3=O)cc1.